The molecular weight excluding hydrogens is 356 g/mol. The van der Waals surface area contributed by atoms with Gasteiger partial charge in [0, 0.05) is 19.1 Å². The molecule has 0 aliphatic carbocycles. The number of hydrogen-bond donors (Lipinski definition) is 0. The van der Waals surface area contributed by atoms with E-state index in [0.717, 1.165) is 24.1 Å². The van der Waals surface area contributed by atoms with Crippen LogP contribution in [0.15, 0.2) is 42.5 Å². The molecule has 0 unspecified atom stereocenters. The summed E-state index contributed by atoms with van der Waals surface area (Å²) in [6, 6.07) is 13.1. The fourth-order valence-electron chi connectivity index (χ4n) is 5.03. The molecule has 6 heteroatoms. The number of para-hydroxylation sites is 1. The van der Waals surface area contributed by atoms with Crippen LogP contribution in [0.25, 0.3) is 0 Å². The van der Waals surface area contributed by atoms with Crippen molar-refractivity contribution in [2.45, 2.75) is 12.5 Å². The van der Waals surface area contributed by atoms with Crippen molar-refractivity contribution in [3.05, 3.63) is 53.6 Å². The van der Waals surface area contributed by atoms with E-state index >= 15 is 0 Å². The van der Waals surface area contributed by atoms with E-state index in [4.69, 9.17) is 9.47 Å². The predicted octanol–water partition coefficient (Wildman–Crippen LogP) is 2.42. The van der Waals surface area contributed by atoms with E-state index in [1.54, 1.807) is 14.2 Å². The molecule has 2 aromatic rings. The highest BCUT2D eigenvalue weighted by molar-refractivity contribution is 6.22. The average molecular weight is 378 g/mol. The van der Waals surface area contributed by atoms with Crippen molar-refractivity contribution in [2.75, 3.05) is 32.2 Å². The largest absolute Gasteiger partial charge is 0.493 e. The zero-order valence-electron chi connectivity index (χ0n) is 15.9. The number of hydrogen-bond acceptors (Lipinski definition) is 5. The smallest absolute Gasteiger partial charge is 0.239 e. The van der Waals surface area contributed by atoms with E-state index in [9.17, 15) is 9.59 Å². The molecule has 0 saturated carbocycles. The third-order valence-corrected chi connectivity index (χ3v) is 6.29. The van der Waals surface area contributed by atoms with E-state index in [-0.39, 0.29) is 29.7 Å². The van der Waals surface area contributed by atoms with Crippen molar-refractivity contribution in [1.82, 2.24) is 4.90 Å². The summed E-state index contributed by atoms with van der Waals surface area (Å²) in [5.41, 5.74) is 2.90. The first-order valence-electron chi connectivity index (χ1n) is 9.55. The third-order valence-electron chi connectivity index (χ3n) is 6.29. The van der Waals surface area contributed by atoms with Gasteiger partial charge in [0.1, 0.15) is 0 Å². The second kappa shape index (κ2) is 6.34. The number of rotatable bonds is 3. The van der Waals surface area contributed by atoms with Gasteiger partial charge in [-0.15, -0.1) is 0 Å². The van der Waals surface area contributed by atoms with Gasteiger partial charge in [0.05, 0.1) is 31.7 Å². The van der Waals surface area contributed by atoms with Crippen LogP contribution >= 0.6 is 0 Å². The molecule has 28 heavy (non-hydrogen) atoms. The lowest BCUT2D eigenvalue weighted by Gasteiger charge is -2.35. The van der Waals surface area contributed by atoms with Crippen LogP contribution in [0.2, 0.25) is 0 Å². The molecule has 0 N–H and O–H groups in total. The molecule has 3 atom stereocenters. The minimum atomic E-state index is -0.357. The second-order valence-corrected chi connectivity index (χ2v) is 7.58. The Morgan fingerprint density at radius 3 is 2.39 bits per heavy atom. The van der Waals surface area contributed by atoms with Gasteiger partial charge in [-0.2, -0.15) is 0 Å². The maximum Gasteiger partial charge on any atom is 0.239 e. The molecule has 2 amide bonds. The van der Waals surface area contributed by atoms with Gasteiger partial charge in [0.25, 0.3) is 0 Å². The Kier molecular flexibility index (Phi) is 3.91. The van der Waals surface area contributed by atoms with Crippen molar-refractivity contribution >= 4 is 17.5 Å². The van der Waals surface area contributed by atoms with Crippen molar-refractivity contribution in [3.63, 3.8) is 0 Å². The number of carbonyl (C=O) groups excluding carboxylic acids is 2. The summed E-state index contributed by atoms with van der Waals surface area (Å²) in [5.74, 6) is 0.516. The number of nitrogens with zero attached hydrogens (tertiary/aromatic N) is 2. The highest BCUT2D eigenvalue weighted by Crippen LogP contribution is 2.51. The van der Waals surface area contributed by atoms with Crippen LogP contribution in [0.3, 0.4) is 0 Å². The Morgan fingerprint density at radius 2 is 1.68 bits per heavy atom. The van der Waals surface area contributed by atoms with E-state index in [0.29, 0.717) is 23.7 Å². The average Bonchev–Trinajstić information content (AvgIpc) is 3.23. The lowest BCUT2D eigenvalue weighted by Crippen LogP contribution is -2.40. The zero-order chi connectivity index (χ0) is 19.4. The first-order chi connectivity index (χ1) is 13.6. The van der Waals surface area contributed by atoms with Crippen molar-refractivity contribution in [2.24, 2.45) is 11.8 Å². The van der Waals surface area contributed by atoms with E-state index in [2.05, 4.69) is 4.90 Å². The molecule has 2 fully saturated rings. The van der Waals surface area contributed by atoms with Crippen LogP contribution in [-0.4, -0.2) is 44.0 Å². The molecule has 144 valence electrons. The number of carbonyl (C=O) groups is 2. The van der Waals surface area contributed by atoms with Gasteiger partial charge >= 0.3 is 0 Å². The van der Waals surface area contributed by atoms with Crippen LogP contribution in [0.1, 0.15) is 17.2 Å². The quantitative estimate of drug-likeness (QED) is 0.768. The number of ether oxygens (including phenoxy) is 2. The van der Waals surface area contributed by atoms with Gasteiger partial charge in [-0.05, 0) is 41.8 Å². The molecule has 0 aromatic heterocycles. The second-order valence-electron chi connectivity index (χ2n) is 7.58. The summed E-state index contributed by atoms with van der Waals surface area (Å²) in [5, 5.41) is 0. The number of fused-ring (bicyclic) bond motifs is 5. The monoisotopic (exact) mass is 378 g/mol. The first-order valence-corrected chi connectivity index (χ1v) is 9.55. The molecule has 0 spiro atoms. The van der Waals surface area contributed by atoms with Crippen LogP contribution < -0.4 is 14.4 Å². The van der Waals surface area contributed by atoms with Crippen LogP contribution in [0, 0.1) is 11.8 Å². The van der Waals surface area contributed by atoms with Gasteiger partial charge in [0.15, 0.2) is 11.5 Å². The first kappa shape index (κ1) is 17.3. The maximum atomic E-state index is 13.4. The maximum absolute atomic E-state index is 13.4. The SMILES string of the molecule is COc1cc2c(cc1OC)[C@@H]1[C@@H]3C(=O)N(c4ccccc4)C(=O)[C@@H]3CN1CC2. The van der Waals surface area contributed by atoms with E-state index in [1.165, 1.54) is 4.90 Å². The fraction of sp³-hybridized carbons (Fsp3) is 0.364. The lowest BCUT2D eigenvalue weighted by atomic mass is 9.84. The molecule has 2 saturated heterocycles. The molecule has 6 nitrogen and oxygen atoms in total. The van der Waals surface area contributed by atoms with Crippen LogP contribution in [0.4, 0.5) is 5.69 Å². The Labute approximate surface area is 163 Å². The number of amides is 2. The Hall–Kier alpha value is -2.86. The van der Waals surface area contributed by atoms with Crippen molar-refractivity contribution < 1.29 is 19.1 Å². The summed E-state index contributed by atoms with van der Waals surface area (Å²) in [6.45, 7) is 1.46. The predicted molar refractivity (Wildman–Crippen MR) is 103 cm³/mol. The minimum absolute atomic E-state index is 0.0855. The number of anilines is 1. The lowest BCUT2D eigenvalue weighted by molar-refractivity contribution is -0.123. The molecule has 0 radical (unpaired) electrons. The highest BCUT2D eigenvalue weighted by Gasteiger charge is 2.59. The third kappa shape index (κ3) is 2.31. The van der Waals surface area contributed by atoms with E-state index < -0.39 is 0 Å². The standard InChI is InChI=1S/C22H22N2O4/c1-27-17-10-13-8-9-23-12-16-19(20(23)15(13)11-18(17)28-2)22(26)24(21(16)25)14-6-4-3-5-7-14/h3-7,10-11,16,19-20H,8-9,12H2,1-2H3/t16-,19-,20-/m1/s1. The van der Waals surface area contributed by atoms with Gasteiger partial charge in [-0.25, -0.2) is 4.90 Å². The molecule has 3 aliphatic heterocycles. The molecule has 0 bridgehead atoms. The number of methoxy groups -OCH3 is 2. The topological polar surface area (TPSA) is 59.1 Å². The summed E-state index contributed by atoms with van der Waals surface area (Å²) >= 11 is 0. The van der Waals surface area contributed by atoms with Gasteiger partial charge in [0.2, 0.25) is 11.8 Å². The minimum Gasteiger partial charge on any atom is -0.493 e. The molecule has 3 heterocycles. The zero-order valence-corrected chi connectivity index (χ0v) is 15.9. The number of imide groups is 1. The summed E-state index contributed by atoms with van der Waals surface area (Å²) in [7, 11) is 3.24. The van der Waals surface area contributed by atoms with Gasteiger partial charge < -0.3 is 9.47 Å². The summed E-state index contributed by atoms with van der Waals surface area (Å²) < 4.78 is 10.9. The van der Waals surface area contributed by atoms with Gasteiger partial charge in [-0.1, -0.05) is 18.2 Å². The molecular formula is C22H22N2O4. The molecule has 3 aliphatic rings. The summed E-state index contributed by atoms with van der Waals surface area (Å²) in [4.78, 5) is 30.1. The van der Waals surface area contributed by atoms with Crippen molar-refractivity contribution in [1.29, 1.82) is 0 Å². The number of benzene rings is 2. The highest BCUT2D eigenvalue weighted by atomic mass is 16.5. The molecule has 2 aromatic carbocycles. The normalized spacial score (nSPS) is 26.1. The van der Waals surface area contributed by atoms with E-state index in [1.807, 2.05) is 42.5 Å². The Morgan fingerprint density at radius 1 is 0.964 bits per heavy atom. The Bertz CT molecular complexity index is 959. The van der Waals surface area contributed by atoms with Crippen molar-refractivity contribution in [3.8, 4) is 11.5 Å². The van der Waals surface area contributed by atoms with Gasteiger partial charge in [-0.3, -0.25) is 14.5 Å². The van der Waals surface area contributed by atoms with Crippen LogP contribution in [-0.2, 0) is 16.0 Å². The van der Waals surface area contributed by atoms with Crippen LogP contribution in [0.5, 0.6) is 11.5 Å². The fourth-order valence-corrected chi connectivity index (χ4v) is 5.03. The Balaban J connectivity index is 1.57. The summed E-state index contributed by atoms with van der Waals surface area (Å²) in [6.07, 6.45) is 0.871. The molecule has 5 rings (SSSR count).